The smallest absolute Gasteiger partial charge is 0.135 e. The first-order chi connectivity index (χ1) is 7.74. The van der Waals surface area contributed by atoms with Gasteiger partial charge in [0, 0.05) is 23.2 Å². The van der Waals surface area contributed by atoms with Crippen molar-refractivity contribution < 1.29 is 8.78 Å². The summed E-state index contributed by atoms with van der Waals surface area (Å²) >= 11 is 0. The second-order valence-corrected chi connectivity index (χ2v) is 4.11. The largest absolute Gasteiger partial charge is 0.282 e. The average molecular weight is 220 g/mol. The van der Waals surface area contributed by atoms with Gasteiger partial charge in [-0.2, -0.15) is 5.10 Å². The predicted molar refractivity (Wildman–Crippen MR) is 55.9 cm³/mol. The van der Waals surface area contributed by atoms with Gasteiger partial charge < -0.3 is 0 Å². The molecule has 0 aliphatic heterocycles. The maximum atomic E-state index is 13.5. The molecule has 82 valence electrons. The van der Waals surface area contributed by atoms with Gasteiger partial charge in [-0.3, -0.25) is 5.10 Å². The third-order valence-electron chi connectivity index (χ3n) is 2.82. The molecule has 0 saturated heterocycles. The molecule has 1 heterocycles. The van der Waals surface area contributed by atoms with E-state index in [1.807, 2.05) is 6.07 Å². The molecule has 0 spiro atoms. The molecule has 0 radical (unpaired) electrons. The normalized spacial score (nSPS) is 15.4. The molecule has 2 nitrogen and oxygen atoms in total. The number of nitrogens with zero attached hydrogens (tertiary/aromatic N) is 1. The first-order valence-corrected chi connectivity index (χ1v) is 5.25. The molecule has 0 amide bonds. The summed E-state index contributed by atoms with van der Waals surface area (Å²) in [6.07, 6.45) is 2.32. The molecule has 1 aliphatic rings. The van der Waals surface area contributed by atoms with Crippen molar-refractivity contribution in [2.45, 2.75) is 18.8 Å². The number of H-pyrrole nitrogens is 1. The van der Waals surface area contributed by atoms with Crippen molar-refractivity contribution in [3.63, 3.8) is 0 Å². The summed E-state index contributed by atoms with van der Waals surface area (Å²) < 4.78 is 26.2. The van der Waals surface area contributed by atoms with E-state index in [2.05, 4.69) is 10.2 Å². The van der Waals surface area contributed by atoms with Crippen LogP contribution in [-0.2, 0) is 0 Å². The lowest BCUT2D eigenvalue weighted by Gasteiger charge is -1.98. The third kappa shape index (κ3) is 1.60. The Morgan fingerprint density at radius 1 is 1.19 bits per heavy atom. The molecule has 0 bridgehead atoms. The lowest BCUT2D eigenvalue weighted by Crippen LogP contribution is -1.86. The van der Waals surface area contributed by atoms with Crippen LogP contribution in [0.5, 0.6) is 0 Å². The fourth-order valence-corrected chi connectivity index (χ4v) is 1.78. The lowest BCUT2D eigenvalue weighted by atomic mass is 10.1. The van der Waals surface area contributed by atoms with Gasteiger partial charge in [0.2, 0.25) is 0 Å². The van der Waals surface area contributed by atoms with Crippen molar-refractivity contribution in [1.82, 2.24) is 10.2 Å². The summed E-state index contributed by atoms with van der Waals surface area (Å²) in [5.41, 5.74) is 1.92. The van der Waals surface area contributed by atoms with Crippen molar-refractivity contribution in [2.24, 2.45) is 0 Å². The zero-order valence-electron chi connectivity index (χ0n) is 8.50. The second kappa shape index (κ2) is 3.40. The number of aromatic nitrogens is 2. The Balaban J connectivity index is 2.00. The molecule has 1 aliphatic carbocycles. The molecule has 0 atom stereocenters. The van der Waals surface area contributed by atoms with E-state index < -0.39 is 11.6 Å². The van der Waals surface area contributed by atoms with E-state index in [0.29, 0.717) is 17.2 Å². The van der Waals surface area contributed by atoms with Gasteiger partial charge in [0.1, 0.15) is 11.6 Å². The zero-order valence-corrected chi connectivity index (χ0v) is 8.50. The molecule has 0 unspecified atom stereocenters. The lowest BCUT2D eigenvalue weighted by molar-refractivity contribution is 0.585. The number of rotatable bonds is 2. The van der Waals surface area contributed by atoms with E-state index in [4.69, 9.17) is 0 Å². The molecular weight excluding hydrogens is 210 g/mol. The number of nitrogens with one attached hydrogen (secondary N) is 1. The van der Waals surface area contributed by atoms with Crippen molar-refractivity contribution in [2.75, 3.05) is 0 Å². The molecule has 1 fully saturated rings. The SMILES string of the molecule is Fc1ccc(-c2cc(C3CC3)[nH]n2)c(F)c1. The van der Waals surface area contributed by atoms with Crippen LogP contribution in [0.1, 0.15) is 24.5 Å². The monoisotopic (exact) mass is 220 g/mol. The van der Waals surface area contributed by atoms with Crippen LogP contribution in [-0.4, -0.2) is 10.2 Å². The number of benzene rings is 1. The topological polar surface area (TPSA) is 28.7 Å². The molecule has 4 heteroatoms. The molecule has 2 aromatic rings. The Labute approximate surface area is 91.3 Å². The highest BCUT2D eigenvalue weighted by molar-refractivity contribution is 5.60. The molecule has 1 aromatic heterocycles. The van der Waals surface area contributed by atoms with Gasteiger partial charge >= 0.3 is 0 Å². The van der Waals surface area contributed by atoms with E-state index >= 15 is 0 Å². The van der Waals surface area contributed by atoms with Crippen LogP contribution in [0.25, 0.3) is 11.3 Å². The summed E-state index contributed by atoms with van der Waals surface area (Å²) in [4.78, 5) is 0. The Bertz CT molecular complexity index is 530. The number of aromatic amines is 1. The van der Waals surface area contributed by atoms with Crippen molar-refractivity contribution in [3.8, 4) is 11.3 Å². The highest BCUT2D eigenvalue weighted by Crippen LogP contribution is 2.40. The van der Waals surface area contributed by atoms with Gasteiger partial charge in [0.15, 0.2) is 0 Å². The quantitative estimate of drug-likeness (QED) is 0.826. The molecular formula is C12H10F2N2. The molecule has 16 heavy (non-hydrogen) atoms. The van der Waals surface area contributed by atoms with E-state index in [-0.39, 0.29) is 0 Å². The molecule has 3 rings (SSSR count). The van der Waals surface area contributed by atoms with Crippen LogP contribution in [0.3, 0.4) is 0 Å². The number of halogens is 2. The van der Waals surface area contributed by atoms with Crippen LogP contribution in [0.15, 0.2) is 24.3 Å². The molecule has 1 aromatic carbocycles. The van der Waals surface area contributed by atoms with E-state index in [0.717, 1.165) is 24.6 Å². The minimum absolute atomic E-state index is 0.338. The van der Waals surface area contributed by atoms with Crippen LogP contribution >= 0.6 is 0 Å². The van der Waals surface area contributed by atoms with Crippen molar-refractivity contribution in [3.05, 3.63) is 41.6 Å². The van der Waals surface area contributed by atoms with E-state index in [9.17, 15) is 8.78 Å². The summed E-state index contributed by atoms with van der Waals surface area (Å²) in [6.45, 7) is 0. The van der Waals surface area contributed by atoms with Gasteiger partial charge in [0.25, 0.3) is 0 Å². The van der Waals surface area contributed by atoms with Gasteiger partial charge in [-0.1, -0.05) is 0 Å². The highest BCUT2D eigenvalue weighted by atomic mass is 19.1. The maximum Gasteiger partial charge on any atom is 0.135 e. The van der Waals surface area contributed by atoms with Gasteiger partial charge in [-0.15, -0.1) is 0 Å². The fraction of sp³-hybridized carbons (Fsp3) is 0.250. The summed E-state index contributed by atoms with van der Waals surface area (Å²) in [5, 5.41) is 6.95. The Morgan fingerprint density at radius 2 is 2.00 bits per heavy atom. The second-order valence-electron chi connectivity index (χ2n) is 4.11. The Morgan fingerprint density at radius 3 is 2.69 bits per heavy atom. The standard InChI is InChI=1S/C12H10F2N2/c13-8-3-4-9(10(14)5-8)12-6-11(15-16-12)7-1-2-7/h3-7H,1-2H2,(H,15,16). The van der Waals surface area contributed by atoms with Crippen molar-refractivity contribution >= 4 is 0 Å². The van der Waals surface area contributed by atoms with Crippen molar-refractivity contribution in [1.29, 1.82) is 0 Å². The minimum atomic E-state index is -0.575. The Kier molecular flexibility index (Phi) is 2.02. The van der Waals surface area contributed by atoms with Crippen LogP contribution < -0.4 is 0 Å². The zero-order chi connectivity index (χ0) is 11.1. The van der Waals surface area contributed by atoms with E-state index in [1.165, 1.54) is 12.1 Å². The summed E-state index contributed by atoms with van der Waals surface area (Å²) in [6, 6.07) is 5.37. The predicted octanol–water partition coefficient (Wildman–Crippen LogP) is 3.23. The highest BCUT2D eigenvalue weighted by Gasteiger charge is 2.25. The summed E-state index contributed by atoms with van der Waals surface area (Å²) in [7, 11) is 0. The molecule has 1 saturated carbocycles. The minimum Gasteiger partial charge on any atom is -0.282 e. The number of hydrogen-bond acceptors (Lipinski definition) is 1. The average Bonchev–Trinajstić information content (AvgIpc) is 2.98. The maximum absolute atomic E-state index is 13.5. The summed E-state index contributed by atoms with van der Waals surface area (Å²) in [5.74, 6) is -0.599. The third-order valence-corrected chi connectivity index (χ3v) is 2.82. The first-order valence-electron chi connectivity index (χ1n) is 5.25. The fourth-order valence-electron chi connectivity index (χ4n) is 1.78. The molecule has 1 N–H and O–H groups in total. The van der Waals surface area contributed by atoms with Gasteiger partial charge in [-0.25, -0.2) is 8.78 Å². The van der Waals surface area contributed by atoms with Crippen LogP contribution in [0, 0.1) is 11.6 Å². The van der Waals surface area contributed by atoms with Gasteiger partial charge in [0.05, 0.1) is 5.69 Å². The van der Waals surface area contributed by atoms with Crippen LogP contribution in [0.2, 0.25) is 0 Å². The Hall–Kier alpha value is -1.71. The number of hydrogen-bond donors (Lipinski definition) is 1. The van der Waals surface area contributed by atoms with E-state index in [1.54, 1.807) is 0 Å². The van der Waals surface area contributed by atoms with Crippen LogP contribution in [0.4, 0.5) is 8.78 Å². The first kappa shape index (κ1) is 9.51. The van der Waals surface area contributed by atoms with Gasteiger partial charge in [-0.05, 0) is 31.0 Å².